The molecule has 1 saturated heterocycles. The van der Waals surface area contributed by atoms with E-state index in [-0.39, 0.29) is 35.9 Å². The molecule has 1 N–H and O–H groups in total. The number of hydrogen-bond donors (Lipinski definition) is 1. The van der Waals surface area contributed by atoms with E-state index in [2.05, 4.69) is 24.9 Å². The van der Waals surface area contributed by atoms with Gasteiger partial charge in [-0.3, -0.25) is 9.59 Å². The minimum absolute atomic E-state index is 0.0929. The summed E-state index contributed by atoms with van der Waals surface area (Å²) in [6.45, 7) is 5.26. The first-order chi connectivity index (χ1) is 17.2. The number of nitriles is 1. The van der Waals surface area contributed by atoms with Crippen LogP contribution in [0.25, 0.3) is 0 Å². The molecule has 2 amide bonds. The van der Waals surface area contributed by atoms with Gasteiger partial charge in [0.25, 0.3) is 0 Å². The number of imidazole rings is 1. The maximum Gasteiger partial charge on any atom is 0.354 e. The van der Waals surface area contributed by atoms with Crippen LogP contribution in [0.2, 0.25) is 0 Å². The van der Waals surface area contributed by atoms with E-state index >= 15 is 0 Å². The molecule has 3 heterocycles. The Morgan fingerprint density at radius 3 is 2.78 bits per heavy atom. The fraction of sp³-hybridized carbons (Fsp3) is 0.296. The van der Waals surface area contributed by atoms with Crippen LogP contribution in [0.4, 0.5) is 11.4 Å². The number of aromatic carboxylic acids is 1. The standard InChI is InChI=1S/C27H25N5O4/c1-27(2)15-32(22-7-6-18(9-21(22)27)13-30-16-29-12-23(30)26(35)36)25(34)19-10-24(33)31(14-19)20-5-3-4-17(8-20)11-28/h3-9,12,16,19H,10,13-15H2,1-2H3,(H,35,36)/t19-/m0/s1. The van der Waals surface area contributed by atoms with Crippen molar-refractivity contribution in [1.29, 1.82) is 5.26 Å². The Bertz CT molecular complexity index is 1430. The van der Waals surface area contributed by atoms with Crippen LogP contribution in [-0.4, -0.2) is 45.5 Å². The van der Waals surface area contributed by atoms with Gasteiger partial charge in [0, 0.05) is 42.8 Å². The van der Waals surface area contributed by atoms with Gasteiger partial charge in [0.1, 0.15) is 5.69 Å². The molecular formula is C27H25N5O4. The molecule has 2 aliphatic rings. The topological polar surface area (TPSA) is 120 Å². The molecule has 0 spiro atoms. The van der Waals surface area contributed by atoms with Gasteiger partial charge in [0.2, 0.25) is 11.8 Å². The number of rotatable bonds is 5. The van der Waals surface area contributed by atoms with E-state index < -0.39 is 11.9 Å². The van der Waals surface area contributed by atoms with E-state index in [9.17, 15) is 24.8 Å². The van der Waals surface area contributed by atoms with Crippen LogP contribution in [0.15, 0.2) is 55.0 Å². The van der Waals surface area contributed by atoms with Crippen LogP contribution in [-0.2, 0) is 21.5 Å². The average molecular weight is 484 g/mol. The lowest BCUT2D eigenvalue weighted by Crippen LogP contribution is -2.39. The van der Waals surface area contributed by atoms with Crippen molar-refractivity contribution in [2.45, 2.75) is 32.2 Å². The van der Waals surface area contributed by atoms with Crippen LogP contribution >= 0.6 is 0 Å². The summed E-state index contributed by atoms with van der Waals surface area (Å²) in [6.07, 6.45) is 2.94. The van der Waals surface area contributed by atoms with Crippen molar-refractivity contribution < 1.29 is 19.5 Å². The lowest BCUT2D eigenvalue weighted by Gasteiger charge is -2.23. The Balaban J connectivity index is 1.38. The highest BCUT2D eigenvalue weighted by molar-refractivity contribution is 6.05. The third-order valence-corrected chi connectivity index (χ3v) is 6.95. The number of hydrogen-bond acceptors (Lipinski definition) is 5. The molecule has 3 aromatic rings. The zero-order chi connectivity index (χ0) is 25.6. The molecule has 182 valence electrons. The molecule has 36 heavy (non-hydrogen) atoms. The van der Waals surface area contributed by atoms with Crippen molar-refractivity contribution in [3.05, 3.63) is 77.4 Å². The van der Waals surface area contributed by atoms with Crippen LogP contribution in [0.5, 0.6) is 0 Å². The first-order valence-corrected chi connectivity index (χ1v) is 11.7. The minimum Gasteiger partial charge on any atom is -0.477 e. The monoisotopic (exact) mass is 483 g/mol. The highest BCUT2D eigenvalue weighted by atomic mass is 16.4. The summed E-state index contributed by atoms with van der Waals surface area (Å²) in [6, 6.07) is 14.8. The normalized spacial score (nSPS) is 18.2. The minimum atomic E-state index is -1.04. The Morgan fingerprint density at radius 1 is 1.22 bits per heavy atom. The van der Waals surface area contributed by atoms with Gasteiger partial charge >= 0.3 is 5.97 Å². The number of amides is 2. The summed E-state index contributed by atoms with van der Waals surface area (Å²) >= 11 is 0. The molecule has 0 saturated carbocycles. The average Bonchev–Trinajstić information content (AvgIpc) is 3.55. The summed E-state index contributed by atoms with van der Waals surface area (Å²) in [4.78, 5) is 45.1. The first kappa shape index (κ1) is 23.3. The number of carbonyl (C=O) groups is 3. The van der Waals surface area contributed by atoms with Crippen molar-refractivity contribution in [2.24, 2.45) is 5.92 Å². The van der Waals surface area contributed by atoms with Crippen LogP contribution in [0, 0.1) is 17.2 Å². The van der Waals surface area contributed by atoms with Crippen molar-refractivity contribution >= 4 is 29.2 Å². The Kier molecular flexibility index (Phi) is 5.59. The number of anilines is 2. The van der Waals surface area contributed by atoms with E-state index in [0.717, 1.165) is 16.8 Å². The van der Waals surface area contributed by atoms with E-state index in [4.69, 9.17) is 0 Å². The van der Waals surface area contributed by atoms with Crippen LogP contribution < -0.4 is 9.80 Å². The smallest absolute Gasteiger partial charge is 0.354 e. The number of carboxylic acid groups (broad SMARTS) is 1. The zero-order valence-electron chi connectivity index (χ0n) is 20.0. The molecule has 1 aromatic heterocycles. The molecule has 2 aliphatic heterocycles. The molecule has 0 radical (unpaired) electrons. The molecule has 0 unspecified atom stereocenters. The highest BCUT2D eigenvalue weighted by Gasteiger charge is 2.43. The fourth-order valence-corrected chi connectivity index (χ4v) is 5.13. The predicted molar refractivity (Wildman–Crippen MR) is 132 cm³/mol. The largest absolute Gasteiger partial charge is 0.477 e. The zero-order valence-corrected chi connectivity index (χ0v) is 20.0. The summed E-state index contributed by atoms with van der Waals surface area (Å²) in [5.74, 6) is -1.74. The summed E-state index contributed by atoms with van der Waals surface area (Å²) in [5, 5.41) is 18.5. The Hall–Kier alpha value is -4.45. The van der Waals surface area contributed by atoms with Gasteiger partial charge in [-0.05, 0) is 35.4 Å². The number of nitrogens with zero attached hydrogens (tertiary/aromatic N) is 5. The molecule has 1 atom stereocenters. The van der Waals surface area contributed by atoms with Gasteiger partial charge in [-0.1, -0.05) is 32.0 Å². The summed E-state index contributed by atoms with van der Waals surface area (Å²) in [5.41, 5.74) is 3.63. The van der Waals surface area contributed by atoms with Crippen LogP contribution in [0.3, 0.4) is 0 Å². The van der Waals surface area contributed by atoms with E-state index in [1.165, 1.54) is 12.5 Å². The molecular weight excluding hydrogens is 458 g/mol. The number of fused-ring (bicyclic) bond motifs is 1. The lowest BCUT2D eigenvalue weighted by atomic mass is 9.86. The molecule has 9 heteroatoms. The number of aromatic nitrogens is 2. The van der Waals surface area contributed by atoms with E-state index in [1.54, 1.807) is 38.6 Å². The predicted octanol–water partition coefficient (Wildman–Crippen LogP) is 3.18. The lowest BCUT2D eigenvalue weighted by molar-refractivity contribution is -0.124. The molecule has 5 rings (SSSR count). The molecule has 0 bridgehead atoms. The van der Waals surface area contributed by atoms with Gasteiger partial charge in [-0.25, -0.2) is 9.78 Å². The molecule has 0 aliphatic carbocycles. The summed E-state index contributed by atoms with van der Waals surface area (Å²) < 4.78 is 1.58. The van der Waals surface area contributed by atoms with Crippen molar-refractivity contribution in [1.82, 2.24) is 9.55 Å². The van der Waals surface area contributed by atoms with Crippen LogP contribution in [0.1, 0.15) is 47.4 Å². The molecule has 1 fully saturated rings. The van der Waals surface area contributed by atoms with Gasteiger partial charge in [0.05, 0.1) is 30.1 Å². The quantitative estimate of drug-likeness (QED) is 0.595. The second kappa shape index (κ2) is 8.64. The number of carboxylic acids is 1. The Labute approximate surface area is 208 Å². The third-order valence-electron chi connectivity index (χ3n) is 6.95. The highest BCUT2D eigenvalue weighted by Crippen LogP contribution is 2.42. The maximum atomic E-state index is 13.6. The molecule has 9 nitrogen and oxygen atoms in total. The van der Waals surface area contributed by atoms with Crippen molar-refractivity contribution in [3.63, 3.8) is 0 Å². The van der Waals surface area contributed by atoms with Gasteiger partial charge in [0.15, 0.2) is 0 Å². The molecule has 2 aromatic carbocycles. The van der Waals surface area contributed by atoms with Crippen molar-refractivity contribution in [3.8, 4) is 6.07 Å². The fourth-order valence-electron chi connectivity index (χ4n) is 5.13. The Morgan fingerprint density at radius 2 is 2.03 bits per heavy atom. The second-order valence-corrected chi connectivity index (χ2v) is 9.94. The number of benzene rings is 2. The first-order valence-electron chi connectivity index (χ1n) is 11.7. The summed E-state index contributed by atoms with van der Waals surface area (Å²) in [7, 11) is 0. The number of carbonyl (C=O) groups excluding carboxylic acids is 2. The van der Waals surface area contributed by atoms with Gasteiger partial charge in [-0.2, -0.15) is 5.26 Å². The van der Waals surface area contributed by atoms with E-state index in [1.807, 2.05) is 18.2 Å². The van der Waals surface area contributed by atoms with E-state index in [0.29, 0.717) is 24.3 Å². The maximum absolute atomic E-state index is 13.6. The SMILES string of the molecule is CC1(C)CN(C(=O)[C@H]2CC(=O)N(c3cccc(C#N)c3)C2)c2ccc(Cn3cncc3C(=O)O)cc21. The van der Waals surface area contributed by atoms with Gasteiger partial charge in [-0.15, -0.1) is 0 Å². The van der Waals surface area contributed by atoms with Crippen molar-refractivity contribution in [2.75, 3.05) is 22.9 Å². The second-order valence-electron chi connectivity index (χ2n) is 9.94. The third kappa shape index (κ3) is 4.01. The van der Waals surface area contributed by atoms with Gasteiger partial charge < -0.3 is 19.5 Å².